The van der Waals surface area contributed by atoms with Gasteiger partial charge in [-0.25, -0.2) is 14.0 Å². The summed E-state index contributed by atoms with van der Waals surface area (Å²) < 4.78 is 24.4. The van der Waals surface area contributed by atoms with Gasteiger partial charge in [0.05, 0.1) is 16.5 Å². The van der Waals surface area contributed by atoms with Crippen molar-refractivity contribution in [3.8, 4) is 5.69 Å². The molecule has 3 aromatic rings. The highest BCUT2D eigenvalue weighted by atomic mass is 31.2. The summed E-state index contributed by atoms with van der Waals surface area (Å²) in [6, 6.07) is 12.0. The Morgan fingerprint density at radius 1 is 1.14 bits per heavy atom. The fourth-order valence-electron chi connectivity index (χ4n) is 3.34. The molecule has 1 atom stereocenters. The Morgan fingerprint density at radius 2 is 1.83 bits per heavy atom. The Labute approximate surface area is 166 Å². The number of aromatic nitrogens is 3. The third-order valence-electron chi connectivity index (χ3n) is 5.10. The van der Waals surface area contributed by atoms with Crippen LogP contribution in [0.15, 0.2) is 42.5 Å². The van der Waals surface area contributed by atoms with Gasteiger partial charge in [0.25, 0.3) is 5.69 Å². The summed E-state index contributed by atoms with van der Waals surface area (Å²) >= 11 is 0. The van der Waals surface area contributed by atoms with Crippen molar-refractivity contribution in [2.45, 2.75) is 13.0 Å². The van der Waals surface area contributed by atoms with Crippen LogP contribution in [0.1, 0.15) is 18.6 Å². The number of nitro benzene ring substituents is 1. The second-order valence-corrected chi connectivity index (χ2v) is 9.46. The molecule has 5 rings (SSSR count). The minimum absolute atomic E-state index is 0.0864. The number of nitro groups is 1. The number of rotatable bonds is 7. The minimum Gasteiger partial charge on any atom is -0.298 e. The van der Waals surface area contributed by atoms with Crippen LogP contribution in [0.5, 0.6) is 0 Å². The van der Waals surface area contributed by atoms with Crippen molar-refractivity contribution in [3.63, 3.8) is 0 Å². The van der Waals surface area contributed by atoms with Gasteiger partial charge < -0.3 is 0 Å². The molecule has 0 spiro atoms. The maximum absolute atomic E-state index is 13.3. The smallest absolute Gasteiger partial charge is 0.298 e. The molecule has 2 aliphatic rings. The minimum atomic E-state index is -3.01. The molecule has 2 aromatic carbocycles. The quantitative estimate of drug-likeness (QED) is 0.251. The van der Waals surface area contributed by atoms with Crippen LogP contribution < -0.4 is 0 Å². The second kappa shape index (κ2) is 6.70. The van der Waals surface area contributed by atoms with Crippen molar-refractivity contribution in [1.29, 1.82) is 0 Å². The molecule has 0 saturated carbocycles. The van der Waals surface area contributed by atoms with Gasteiger partial charge in [-0.1, -0.05) is 17.3 Å². The first-order chi connectivity index (χ1) is 14.0. The van der Waals surface area contributed by atoms with Gasteiger partial charge >= 0.3 is 7.67 Å². The molecule has 0 radical (unpaired) electrons. The highest BCUT2D eigenvalue weighted by Crippen LogP contribution is 2.63. The standard InChI is InChI=1S/C18H19N6O4P/c1-13(28-29(27,21-8-9-21)22-10-11-22)14-6-7-17(24(25)26)18(12-14)23-16-5-3-2-4-15(16)19-20-23/h2-7,12-13H,8-11H2,1H3. The number of hydrogen-bond acceptors (Lipinski definition) is 6. The molecular formula is C18H19N6O4P. The SMILES string of the molecule is CC(OP(=O)(N1CC1)N1CC1)c1ccc([N+](=O)[O-])c(-n2nnc3ccccc32)c1. The molecule has 0 aliphatic carbocycles. The lowest BCUT2D eigenvalue weighted by Crippen LogP contribution is -2.11. The van der Waals surface area contributed by atoms with E-state index in [-0.39, 0.29) is 5.69 Å². The zero-order valence-electron chi connectivity index (χ0n) is 15.7. The van der Waals surface area contributed by atoms with Crippen LogP contribution in [0, 0.1) is 10.1 Å². The van der Waals surface area contributed by atoms with Crippen molar-refractivity contribution < 1.29 is 14.0 Å². The van der Waals surface area contributed by atoms with E-state index < -0.39 is 18.7 Å². The molecule has 3 heterocycles. The summed E-state index contributed by atoms with van der Waals surface area (Å²) in [5.74, 6) is 0. The highest BCUT2D eigenvalue weighted by molar-refractivity contribution is 7.54. The van der Waals surface area contributed by atoms with E-state index in [1.165, 1.54) is 10.7 Å². The van der Waals surface area contributed by atoms with Gasteiger partial charge in [-0.3, -0.25) is 19.2 Å². The zero-order valence-corrected chi connectivity index (χ0v) is 16.6. The maximum Gasteiger partial charge on any atom is 0.346 e. The molecule has 0 bridgehead atoms. The van der Waals surface area contributed by atoms with Crippen LogP contribution >= 0.6 is 7.67 Å². The summed E-state index contributed by atoms with van der Waals surface area (Å²) in [5, 5.41) is 19.8. The van der Waals surface area contributed by atoms with Gasteiger partial charge in [0.15, 0.2) is 0 Å². The normalized spacial score (nSPS) is 18.1. The Hall–Kier alpha value is -2.65. The van der Waals surface area contributed by atoms with Crippen LogP contribution in [0.25, 0.3) is 16.7 Å². The molecule has 1 aromatic heterocycles. The molecule has 11 heteroatoms. The van der Waals surface area contributed by atoms with E-state index in [0.29, 0.717) is 22.3 Å². The summed E-state index contributed by atoms with van der Waals surface area (Å²) in [6.07, 6.45) is -0.503. The van der Waals surface area contributed by atoms with Gasteiger partial charge in [0.1, 0.15) is 11.2 Å². The van der Waals surface area contributed by atoms with Gasteiger partial charge in [0, 0.05) is 32.2 Å². The lowest BCUT2D eigenvalue weighted by Gasteiger charge is -2.24. The molecule has 2 fully saturated rings. The lowest BCUT2D eigenvalue weighted by atomic mass is 10.1. The number of benzene rings is 2. The van der Waals surface area contributed by atoms with E-state index in [0.717, 1.165) is 26.2 Å². The van der Waals surface area contributed by atoms with Crippen molar-refractivity contribution in [2.24, 2.45) is 0 Å². The Morgan fingerprint density at radius 3 is 2.48 bits per heavy atom. The first-order valence-corrected chi connectivity index (χ1v) is 10.9. The van der Waals surface area contributed by atoms with E-state index in [1.807, 2.05) is 28.4 Å². The highest BCUT2D eigenvalue weighted by Gasteiger charge is 2.50. The van der Waals surface area contributed by atoms with Crippen LogP contribution in [-0.2, 0) is 9.09 Å². The van der Waals surface area contributed by atoms with Crippen molar-refractivity contribution in [3.05, 3.63) is 58.1 Å². The molecule has 0 amide bonds. The second-order valence-electron chi connectivity index (χ2n) is 7.14. The number of fused-ring (bicyclic) bond motifs is 1. The van der Waals surface area contributed by atoms with E-state index in [4.69, 9.17) is 4.52 Å². The van der Waals surface area contributed by atoms with E-state index in [1.54, 1.807) is 24.3 Å². The fraction of sp³-hybridized carbons (Fsp3) is 0.333. The van der Waals surface area contributed by atoms with Crippen molar-refractivity contribution in [1.82, 2.24) is 24.3 Å². The lowest BCUT2D eigenvalue weighted by molar-refractivity contribution is -0.384. The van der Waals surface area contributed by atoms with Gasteiger partial charge in [0.2, 0.25) is 0 Å². The zero-order chi connectivity index (χ0) is 20.2. The van der Waals surface area contributed by atoms with Crippen LogP contribution in [0.3, 0.4) is 0 Å². The number of para-hydroxylation sites is 1. The third-order valence-corrected chi connectivity index (χ3v) is 7.92. The van der Waals surface area contributed by atoms with Crippen molar-refractivity contribution >= 4 is 24.4 Å². The van der Waals surface area contributed by atoms with Crippen molar-refractivity contribution in [2.75, 3.05) is 26.2 Å². The average molecular weight is 414 g/mol. The molecule has 2 aliphatic heterocycles. The van der Waals surface area contributed by atoms with Gasteiger partial charge in [-0.2, -0.15) is 0 Å². The molecule has 2 saturated heterocycles. The molecule has 1 unspecified atom stereocenters. The van der Waals surface area contributed by atoms with Crippen LogP contribution in [0.2, 0.25) is 0 Å². The topological polar surface area (TPSA) is 106 Å². The van der Waals surface area contributed by atoms with E-state index in [2.05, 4.69) is 10.3 Å². The Balaban J connectivity index is 1.54. The third kappa shape index (κ3) is 3.24. The van der Waals surface area contributed by atoms with Crippen LogP contribution in [-0.4, -0.2) is 55.4 Å². The summed E-state index contributed by atoms with van der Waals surface area (Å²) in [7, 11) is -3.01. The Bertz CT molecular complexity index is 1140. The molecule has 10 nitrogen and oxygen atoms in total. The van der Waals surface area contributed by atoms with E-state index >= 15 is 0 Å². The average Bonchev–Trinajstić information content (AvgIpc) is 3.62. The molecule has 0 N–H and O–H groups in total. The monoisotopic (exact) mass is 414 g/mol. The van der Waals surface area contributed by atoms with Gasteiger partial charge in [-0.15, -0.1) is 5.10 Å². The Kier molecular flexibility index (Phi) is 4.25. The van der Waals surface area contributed by atoms with E-state index in [9.17, 15) is 14.7 Å². The molecule has 150 valence electrons. The summed E-state index contributed by atoms with van der Waals surface area (Å²) in [4.78, 5) is 11.2. The first-order valence-electron chi connectivity index (χ1n) is 9.36. The predicted octanol–water partition coefficient (Wildman–Crippen LogP) is 3.15. The number of hydrogen-bond donors (Lipinski definition) is 0. The largest absolute Gasteiger partial charge is 0.346 e. The summed E-state index contributed by atoms with van der Waals surface area (Å²) in [6.45, 7) is 4.85. The predicted molar refractivity (Wildman–Crippen MR) is 106 cm³/mol. The maximum atomic E-state index is 13.3. The van der Waals surface area contributed by atoms with Crippen LogP contribution in [0.4, 0.5) is 5.69 Å². The molecular weight excluding hydrogens is 395 g/mol. The number of nitrogens with zero attached hydrogens (tertiary/aromatic N) is 6. The molecule has 29 heavy (non-hydrogen) atoms. The summed E-state index contributed by atoms with van der Waals surface area (Å²) in [5.41, 5.74) is 2.21. The van der Waals surface area contributed by atoms with Gasteiger partial charge in [-0.05, 0) is 36.8 Å². The first kappa shape index (κ1) is 18.4. The fourth-order valence-corrected chi connectivity index (χ4v) is 5.69.